The molecule has 0 radical (unpaired) electrons. The number of halogens is 1. The Labute approximate surface area is 170 Å². The van der Waals surface area contributed by atoms with Gasteiger partial charge >= 0.3 is 0 Å². The molecule has 0 saturated heterocycles. The van der Waals surface area contributed by atoms with Gasteiger partial charge in [0.2, 0.25) is 5.91 Å². The maximum Gasteiger partial charge on any atom is 0.234 e. The van der Waals surface area contributed by atoms with Gasteiger partial charge in [0.05, 0.1) is 11.1 Å². The number of amides is 1. The van der Waals surface area contributed by atoms with Gasteiger partial charge < -0.3 is 5.32 Å². The third kappa shape index (κ3) is 2.80. The monoisotopic (exact) mass is 393 g/mol. The molecule has 144 valence electrons. The van der Waals surface area contributed by atoms with Crippen LogP contribution in [0.1, 0.15) is 49.0 Å². The topological polar surface area (TPSA) is 46.2 Å². The van der Waals surface area contributed by atoms with E-state index in [0.717, 1.165) is 24.8 Å². The van der Waals surface area contributed by atoms with E-state index < -0.39 is 5.41 Å². The lowest BCUT2D eigenvalue weighted by atomic mass is 9.68. The number of ketones is 1. The first-order valence-electron chi connectivity index (χ1n) is 9.66. The van der Waals surface area contributed by atoms with Crippen molar-refractivity contribution in [2.45, 2.75) is 33.1 Å². The minimum Gasteiger partial charge on any atom is -0.325 e. The smallest absolute Gasteiger partial charge is 0.234 e. The zero-order valence-corrected chi connectivity index (χ0v) is 17.0. The molecule has 2 aromatic rings. The van der Waals surface area contributed by atoms with Crippen molar-refractivity contribution < 1.29 is 9.59 Å². The number of anilines is 1. The van der Waals surface area contributed by atoms with Gasteiger partial charge in [-0.25, -0.2) is 0 Å². The lowest BCUT2D eigenvalue weighted by Gasteiger charge is -2.37. The first-order chi connectivity index (χ1) is 13.3. The standard InChI is InChI=1S/C24H24ClNO2/c1-15-23(2,3)17-11-12-24(15,14-17)22(28)26-20-10-9-18(25)13-19(20)21(27)16-7-5-4-6-8-16/h4-10,13,17H,1,11-12,14H2,2-3H3,(H,26,28). The second kappa shape index (κ2) is 6.59. The van der Waals surface area contributed by atoms with E-state index in [1.54, 1.807) is 30.3 Å². The van der Waals surface area contributed by atoms with Crippen molar-refractivity contribution in [2.75, 3.05) is 5.32 Å². The Bertz CT molecular complexity index is 979. The van der Waals surface area contributed by atoms with Crippen LogP contribution in [0, 0.1) is 16.7 Å². The number of nitrogens with one attached hydrogen (secondary N) is 1. The fourth-order valence-electron chi connectivity index (χ4n) is 4.94. The predicted molar refractivity (Wildman–Crippen MR) is 113 cm³/mol. The summed E-state index contributed by atoms with van der Waals surface area (Å²) >= 11 is 6.15. The summed E-state index contributed by atoms with van der Waals surface area (Å²) in [4.78, 5) is 26.4. The summed E-state index contributed by atoms with van der Waals surface area (Å²) in [6.07, 6.45) is 2.69. The number of rotatable bonds is 4. The van der Waals surface area contributed by atoms with Crippen LogP contribution in [0.3, 0.4) is 0 Å². The largest absolute Gasteiger partial charge is 0.325 e. The summed E-state index contributed by atoms with van der Waals surface area (Å²) < 4.78 is 0. The minimum absolute atomic E-state index is 0.0295. The fraction of sp³-hybridized carbons (Fsp3) is 0.333. The third-order valence-electron chi connectivity index (χ3n) is 6.84. The van der Waals surface area contributed by atoms with Gasteiger partial charge in [-0.2, -0.15) is 0 Å². The van der Waals surface area contributed by atoms with Crippen molar-refractivity contribution in [2.24, 2.45) is 16.7 Å². The number of fused-ring (bicyclic) bond motifs is 2. The molecule has 3 nitrogen and oxygen atoms in total. The second-order valence-corrected chi connectivity index (χ2v) is 9.00. The molecule has 2 aliphatic rings. The number of hydrogen-bond acceptors (Lipinski definition) is 2. The molecule has 0 spiro atoms. The van der Waals surface area contributed by atoms with Crippen molar-refractivity contribution in [3.63, 3.8) is 0 Å². The van der Waals surface area contributed by atoms with Gasteiger partial charge in [-0.1, -0.05) is 67.9 Å². The first kappa shape index (κ1) is 18.9. The van der Waals surface area contributed by atoms with Gasteiger partial charge in [0.1, 0.15) is 0 Å². The van der Waals surface area contributed by atoms with E-state index in [2.05, 4.69) is 25.7 Å². The maximum atomic E-state index is 13.4. The van der Waals surface area contributed by atoms with Crippen LogP contribution in [0.25, 0.3) is 0 Å². The van der Waals surface area contributed by atoms with Gasteiger partial charge in [0.25, 0.3) is 0 Å². The second-order valence-electron chi connectivity index (χ2n) is 8.56. The number of carbonyl (C=O) groups is 2. The van der Waals surface area contributed by atoms with E-state index in [-0.39, 0.29) is 17.1 Å². The summed E-state index contributed by atoms with van der Waals surface area (Å²) in [5.41, 5.74) is 1.91. The molecule has 4 heteroatoms. The van der Waals surface area contributed by atoms with Crippen LogP contribution >= 0.6 is 11.6 Å². The Morgan fingerprint density at radius 1 is 1.14 bits per heavy atom. The molecule has 1 N–H and O–H groups in total. The van der Waals surface area contributed by atoms with Gasteiger partial charge in [-0.15, -0.1) is 0 Å². The van der Waals surface area contributed by atoms with Gasteiger partial charge in [0, 0.05) is 16.1 Å². The molecule has 0 aromatic heterocycles. The predicted octanol–water partition coefficient (Wildman–Crippen LogP) is 5.89. The SMILES string of the molecule is C=C1C2(C(=O)Nc3ccc(Cl)cc3C(=O)c3ccccc3)CCC(C2)C1(C)C. The lowest BCUT2D eigenvalue weighted by molar-refractivity contribution is -0.123. The zero-order chi connectivity index (χ0) is 20.1. The highest BCUT2D eigenvalue weighted by Crippen LogP contribution is 2.65. The number of benzene rings is 2. The molecule has 4 rings (SSSR count). The molecule has 0 heterocycles. The molecule has 2 aromatic carbocycles. The van der Waals surface area contributed by atoms with Crippen LogP contribution in [0.4, 0.5) is 5.69 Å². The Morgan fingerprint density at radius 2 is 1.86 bits per heavy atom. The van der Waals surface area contributed by atoms with E-state index in [1.807, 2.05) is 18.2 Å². The van der Waals surface area contributed by atoms with Crippen molar-refractivity contribution in [3.8, 4) is 0 Å². The molecular formula is C24H24ClNO2. The maximum absolute atomic E-state index is 13.4. The van der Waals surface area contributed by atoms with E-state index in [1.165, 1.54) is 0 Å². The fourth-order valence-corrected chi connectivity index (χ4v) is 5.11. The summed E-state index contributed by atoms with van der Waals surface area (Å²) in [5, 5.41) is 3.50. The van der Waals surface area contributed by atoms with E-state index in [0.29, 0.717) is 27.8 Å². The van der Waals surface area contributed by atoms with E-state index >= 15 is 0 Å². The van der Waals surface area contributed by atoms with Crippen LogP contribution in [-0.4, -0.2) is 11.7 Å². The van der Waals surface area contributed by atoms with E-state index in [9.17, 15) is 9.59 Å². The van der Waals surface area contributed by atoms with Crippen molar-refractivity contribution in [3.05, 3.63) is 76.8 Å². The van der Waals surface area contributed by atoms with Gasteiger partial charge in [-0.3, -0.25) is 9.59 Å². The molecule has 2 bridgehead atoms. The first-order valence-corrected chi connectivity index (χ1v) is 10.0. The van der Waals surface area contributed by atoms with Crippen molar-refractivity contribution in [1.82, 2.24) is 0 Å². The minimum atomic E-state index is -0.541. The molecule has 1 amide bonds. The molecule has 2 aliphatic carbocycles. The van der Waals surface area contributed by atoms with Crippen molar-refractivity contribution >= 4 is 29.0 Å². The zero-order valence-electron chi connectivity index (χ0n) is 16.2. The summed E-state index contributed by atoms with van der Waals surface area (Å²) in [5.74, 6) is 0.266. The Hall–Kier alpha value is -2.39. The van der Waals surface area contributed by atoms with Crippen LogP contribution in [0.15, 0.2) is 60.7 Å². The quantitative estimate of drug-likeness (QED) is 0.519. The number of hydrogen-bond donors (Lipinski definition) is 1. The normalized spacial score (nSPS) is 25.0. The molecule has 2 atom stereocenters. The molecule has 0 aliphatic heterocycles. The van der Waals surface area contributed by atoms with Crippen LogP contribution in [0.2, 0.25) is 5.02 Å². The highest BCUT2D eigenvalue weighted by Gasteiger charge is 2.60. The number of carbonyl (C=O) groups excluding carboxylic acids is 2. The Morgan fingerprint density at radius 3 is 2.50 bits per heavy atom. The van der Waals surface area contributed by atoms with Crippen LogP contribution in [-0.2, 0) is 4.79 Å². The van der Waals surface area contributed by atoms with Crippen molar-refractivity contribution in [1.29, 1.82) is 0 Å². The van der Waals surface area contributed by atoms with Crippen LogP contribution in [0.5, 0.6) is 0 Å². The highest BCUT2D eigenvalue weighted by atomic mass is 35.5. The van der Waals surface area contributed by atoms with Gasteiger partial charge in [0.15, 0.2) is 5.78 Å². The Kier molecular flexibility index (Phi) is 4.46. The molecule has 28 heavy (non-hydrogen) atoms. The third-order valence-corrected chi connectivity index (χ3v) is 7.07. The van der Waals surface area contributed by atoms with Gasteiger partial charge in [-0.05, 0) is 48.8 Å². The summed E-state index contributed by atoms with van der Waals surface area (Å²) in [7, 11) is 0. The molecule has 2 fully saturated rings. The Balaban J connectivity index is 1.67. The van der Waals surface area contributed by atoms with E-state index in [4.69, 9.17) is 11.6 Å². The molecular weight excluding hydrogens is 370 g/mol. The highest BCUT2D eigenvalue weighted by molar-refractivity contribution is 6.31. The summed E-state index contributed by atoms with van der Waals surface area (Å²) in [6.45, 7) is 8.66. The lowest BCUT2D eigenvalue weighted by Crippen LogP contribution is -2.37. The molecule has 2 unspecified atom stereocenters. The molecule has 2 saturated carbocycles. The van der Waals surface area contributed by atoms with Crippen LogP contribution < -0.4 is 5.32 Å². The average molecular weight is 394 g/mol. The average Bonchev–Trinajstić information content (AvgIpc) is 3.22. The summed E-state index contributed by atoms with van der Waals surface area (Å²) in [6, 6.07) is 14.0.